The maximum absolute atomic E-state index is 5.59. The number of hydrogen-bond acceptors (Lipinski definition) is 4. The van der Waals surface area contributed by atoms with Gasteiger partial charge in [0, 0.05) is 31.7 Å². The van der Waals surface area contributed by atoms with Gasteiger partial charge in [0.2, 0.25) is 0 Å². The first kappa shape index (κ1) is 17.2. The first-order chi connectivity index (χ1) is 13.7. The summed E-state index contributed by atoms with van der Waals surface area (Å²) in [5.41, 5.74) is 6.95. The van der Waals surface area contributed by atoms with Crippen LogP contribution in [0.2, 0.25) is 0 Å². The van der Waals surface area contributed by atoms with Crippen molar-refractivity contribution < 1.29 is 4.74 Å². The van der Waals surface area contributed by atoms with Crippen molar-refractivity contribution in [2.75, 3.05) is 33.4 Å². The maximum atomic E-state index is 5.59. The maximum Gasteiger partial charge on any atom is 0.156 e. The number of imidazole rings is 1. The van der Waals surface area contributed by atoms with Crippen LogP contribution < -0.4 is 0 Å². The van der Waals surface area contributed by atoms with Gasteiger partial charge in [0.15, 0.2) is 5.65 Å². The van der Waals surface area contributed by atoms with Crippen LogP contribution in [0.4, 0.5) is 0 Å². The first-order valence-electron chi connectivity index (χ1n) is 11.0. The van der Waals surface area contributed by atoms with Crippen LogP contribution in [-0.4, -0.2) is 52.6 Å². The molecule has 0 unspecified atom stereocenters. The molecule has 6 rings (SSSR count). The second kappa shape index (κ2) is 6.39. The molecule has 2 aromatic rings. The quantitative estimate of drug-likeness (QED) is 0.799. The molecule has 2 aliphatic carbocycles. The Balaban J connectivity index is 1.28. The molecule has 1 saturated carbocycles. The van der Waals surface area contributed by atoms with Gasteiger partial charge in [-0.1, -0.05) is 6.08 Å². The third-order valence-electron chi connectivity index (χ3n) is 7.88. The second-order valence-corrected chi connectivity index (χ2v) is 9.61. The normalized spacial score (nSPS) is 25.8. The van der Waals surface area contributed by atoms with E-state index < -0.39 is 0 Å². The minimum absolute atomic E-state index is 0.598. The number of ether oxygens (including phenoxy) is 1. The molecule has 3 fully saturated rings. The van der Waals surface area contributed by atoms with Gasteiger partial charge < -0.3 is 9.64 Å². The molecule has 2 saturated heterocycles. The zero-order chi connectivity index (χ0) is 18.7. The molecular weight excluding hydrogens is 348 g/mol. The number of hydrogen-bond donors (Lipinski definition) is 0. The summed E-state index contributed by atoms with van der Waals surface area (Å²) in [6.07, 6.45) is 15.3. The predicted octanol–water partition coefficient (Wildman–Crippen LogP) is 3.68. The van der Waals surface area contributed by atoms with Crippen molar-refractivity contribution in [2.24, 2.45) is 11.3 Å². The summed E-state index contributed by atoms with van der Waals surface area (Å²) in [4.78, 5) is 12.3. The van der Waals surface area contributed by atoms with Crippen molar-refractivity contribution in [1.82, 2.24) is 19.3 Å². The van der Waals surface area contributed by atoms with Crippen molar-refractivity contribution in [1.29, 1.82) is 0 Å². The van der Waals surface area contributed by atoms with E-state index in [2.05, 4.69) is 28.6 Å². The van der Waals surface area contributed by atoms with Gasteiger partial charge in [-0.3, -0.25) is 9.38 Å². The van der Waals surface area contributed by atoms with E-state index in [-0.39, 0.29) is 0 Å². The molecule has 28 heavy (non-hydrogen) atoms. The van der Waals surface area contributed by atoms with Gasteiger partial charge in [0.25, 0.3) is 0 Å². The van der Waals surface area contributed by atoms with E-state index in [9.17, 15) is 0 Å². The van der Waals surface area contributed by atoms with Crippen molar-refractivity contribution in [3.05, 3.63) is 35.6 Å². The highest BCUT2D eigenvalue weighted by atomic mass is 16.5. The number of piperidine rings is 1. The van der Waals surface area contributed by atoms with Gasteiger partial charge in [0.1, 0.15) is 0 Å². The van der Waals surface area contributed by atoms with E-state index in [1.54, 1.807) is 0 Å². The Hall–Kier alpha value is -1.72. The second-order valence-electron chi connectivity index (χ2n) is 9.61. The first-order valence-corrected chi connectivity index (χ1v) is 11.0. The highest BCUT2D eigenvalue weighted by Crippen LogP contribution is 2.56. The van der Waals surface area contributed by atoms with Gasteiger partial charge >= 0.3 is 0 Å². The van der Waals surface area contributed by atoms with Crippen molar-refractivity contribution >= 4 is 11.2 Å². The molecule has 1 spiro atoms. The Bertz CT molecular complexity index is 923. The lowest BCUT2D eigenvalue weighted by Crippen LogP contribution is -2.45. The van der Waals surface area contributed by atoms with Gasteiger partial charge in [-0.15, -0.1) is 0 Å². The van der Waals surface area contributed by atoms with Crippen molar-refractivity contribution in [3.63, 3.8) is 0 Å². The van der Waals surface area contributed by atoms with E-state index in [0.29, 0.717) is 17.3 Å². The summed E-state index contributed by atoms with van der Waals surface area (Å²) in [6.45, 7) is 4.29. The number of likely N-dealkylation sites (tertiary alicyclic amines) is 1. The van der Waals surface area contributed by atoms with Crippen LogP contribution in [0.25, 0.3) is 11.2 Å². The predicted molar refractivity (Wildman–Crippen MR) is 109 cm³/mol. The standard InChI is InChI=1S/C23H30N4O/c1-26-8-6-23(7-9-26)12-17(13-23)20-15-27-21(25-20)14-24-19-3-2-18(22(19)27)16-4-10-28-11-5-16/h2,14-17H,3-13H2,1H3. The number of fused-ring (bicyclic) bond motifs is 3. The highest BCUT2D eigenvalue weighted by Gasteiger charge is 2.46. The highest BCUT2D eigenvalue weighted by molar-refractivity contribution is 5.73. The van der Waals surface area contributed by atoms with Crippen LogP contribution in [0, 0.1) is 11.3 Å². The molecule has 2 aliphatic heterocycles. The van der Waals surface area contributed by atoms with Crippen LogP contribution in [-0.2, 0) is 11.2 Å². The third-order valence-corrected chi connectivity index (χ3v) is 7.88. The van der Waals surface area contributed by atoms with E-state index in [1.165, 1.54) is 61.4 Å². The summed E-state index contributed by atoms with van der Waals surface area (Å²) in [6, 6.07) is 0. The SMILES string of the molecule is CN1CCC2(CC1)CC(c1cn3c4c(ncc3n1)CC=C4C1CCOCC1)C2. The molecular formula is C23H30N4O. The molecule has 2 aromatic heterocycles. The Morgan fingerprint density at radius 1 is 1.11 bits per heavy atom. The Morgan fingerprint density at radius 3 is 2.68 bits per heavy atom. The van der Waals surface area contributed by atoms with Gasteiger partial charge in [-0.25, -0.2) is 4.98 Å². The molecule has 0 radical (unpaired) electrons. The third kappa shape index (κ3) is 2.66. The summed E-state index contributed by atoms with van der Waals surface area (Å²) in [5.74, 6) is 1.25. The van der Waals surface area contributed by atoms with E-state index in [4.69, 9.17) is 14.7 Å². The molecule has 0 aromatic carbocycles. The lowest BCUT2D eigenvalue weighted by Gasteiger charge is -2.51. The minimum atomic E-state index is 0.598. The number of nitrogens with zero attached hydrogens (tertiary/aromatic N) is 4. The number of rotatable bonds is 2. The van der Waals surface area contributed by atoms with Crippen molar-refractivity contribution in [3.8, 4) is 0 Å². The van der Waals surface area contributed by atoms with Crippen LogP contribution >= 0.6 is 0 Å². The zero-order valence-corrected chi connectivity index (χ0v) is 16.9. The fourth-order valence-corrected chi connectivity index (χ4v) is 6.04. The topological polar surface area (TPSA) is 42.7 Å². The summed E-state index contributed by atoms with van der Waals surface area (Å²) in [7, 11) is 2.25. The molecule has 4 aliphatic rings. The number of allylic oxidation sites excluding steroid dienone is 2. The monoisotopic (exact) mass is 378 g/mol. The number of aromatic nitrogens is 3. The molecule has 148 valence electrons. The van der Waals surface area contributed by atoms with E-state index >= 15 is 0 Å². The van der Waals surface area contributed by atoms with Crippen molar-refractivity contribution in [2.45, 2.75) is 50.9 Å². The average Bonchev–Trinajstić information content (AvgIpc) is 3.31. The zero-order valence-electron chi connectivity index (χ0n) is 16.9. The Labute approximate surface area is 166 Å². The van der Waals surface area contributed by atoms with Crippen LogP contribution in [0.15, 0.2) is 18.5 Å². The molecule has 0 amide bonds. The fourth-order valence-electron chi connectivity index (χ4n) is 6.04. The van der Waals surface area contributed by atoms with Gasteiger partial charge in [-0.2, -0.15) is 0 Å². The molecule has 0 N–H and O–H groups in total. The summed E-state index contributed by atoms with van der Waals surface area (Å²) >= 11 is 0. The fraction of sp³-hybridized carbons (Fsp3) is 0.652. The minimum Gasteiger partial charge on any atom is -0.381 e. The lowest BCUT2D eigenvalue weighted by atomic mass is 9.57. The van der Waals surface area contributed by atoms with E-state index in [1.807, 2.05) is 6.20 Å². The smallest absolute Gasteiger partial charge is 0.156 e. The summed E-state index contributed by atoms with van der Waals surface area (Å²) < 4.78 is 7.94. The van der Waals surface area contributed by atoms with Gasteiger partial charge in [0.05, 0.1) is 23.3 Å². The van der Waals surface area contributed by atoms with E-state index in [0.717, 1.165) is 38.1 Å². The lowest BCUT2D eigenvalue weighted by molar-refractivity contribution is 0.0227. The van der Waals surface area contributed by atoms with Crippen LogP contribution in [0.1, 0.15) is 61.5 Å². The molecule has 4 heterocycles. The molecule has 5 nitrogen and oxygen atoms in total. The van der Waals surface area contributed by atoms with Crippen LogP contribution in [0.5, 0.6) is 0 Å². The Morgan fingerprint density at radius 2 is 1.89 bits per heavy atom. The molecule has 0 bridgehead atoms. The molecule has 0 atom stereocenters. The average molecular weight is 379 g/mol. The molecule has 5 heteroatoms. The van der Waals surface area contributed by atoms with Crippen LogP contribution in [0.3, 0.4) is 0 Å². The summed E-state index contributed by atoms with van der Waals surface area (Å²) in [5, 5.41) is 0. The largest absolute Gasteiger partial charge is 0.381 e. The van der Waals surface area contributed by atoms with Gasteiger partial charge in [-0.05, 0) is 75.6 Å². The Kier molecular flexibility index (Phi) is 3.92.